The molecular weight excluding hydrogens is 379 g/mol. The summed E-state index contributed by atoms with van der Waals surface area (Å²) in [7, 11) is 0. The number of allylic oxidation sites excluding steroid dienone is 1. The van der Waals surface area contributed by atoms with Gasteiger partial charge < -0.3 is 9.64 Å². The van der Waals surface area contributed by atoms with Gasteiger partial charge in [-0.25, -0.2) is 18.3 Å². The SMILES string of the molecule is O=C1C=CN(c2ccc(N3C[C@H](Cn4cc(F)nn4)OC3=O)c(F)c2F)CC1. The molecule has 1 fully saturated rings. The molecular formula is C17H14F3N5O3. The first kappa shape index (κ1) is 18.0. The van der Waals surface area contributed by atoms with Gasteiger partial charge in [0.2, 0.25) is 0 Å². The monoisotopic (exact) mass is 393 g/mol. The van der Waals surface area contributed by atoms with E-state index in [9.17, 15) is 22.8 Å². The lowest BCUT2D eigenvalue weighted by atomic mass is 10.1. The van der Waals surface area contributed by atoms with Gasteiger partial charge in [-0.15, -0.1) is 0 Å². The summed E-state index contributed by atoms with van der Waals surface area (Å²) >= 11 is 0. The molecule has 8 nitrogen and oxygen atoms in total. The Morgan fingerprint density at radius 1 is 1.14 bits per heavy atom. The molecule has 0 spiro atoms. The minimum Gasteiger partial charge on any atom is -0.442 e. The van der Waals surface area contributed by atoms with Crippen LogP contribution in [0.2, 0.25) is 0 Å². The van der Waals surface area contributed by atoms with Crippen molar-refractivity contribution in [2.24, 2.45) is 0 Å². The number of carbonyl (C=O) groups is 2. The number of hydrogen-bond acceptors (Lipinski definition) is 6. The normalized spacial score (nSPS) is 19.5. The standard InChI is InChI=1S/C17H14F3N5O3/c18-14-9-24(22-21-14)7-11-8-25(17(27)28-11)13-2-1-12(15(19)16(13)20)23-5-3-10(26)4-6-23/h1-3,5,9,11H,4,6-8H2/t11-/m0/s1. The summed E-state index contributed by atoms with van der Waals surface area (Å²) in [5.41, 5.74) is -0.303. The number of benzene rings is 1. The molecule has 4 rings (SSSR count). The van der Waals surface area contributed by atoms with E-state index >= 15 is 0 Å². The van der Waals surface area contributed by atoms with Crippen LogP contribution in [0, 0.1) is 17.6 Å². The smallest absolute Gasteiger partial charge is 0.414 e. The molecule has 1 atom stereocenters. The molecule has 0 radical (unpaired) electrons. The van der Waals surface area contributed by atoms with Crippen molar-refractivity contribution < 1.29 is 27.5 Å². The highest BCUT2D eigenvalue weighted by Crippen LogP contribution is 2.32. The second-order valence-electron chi connectivity index (χ2n) is 6.34. The molecule has 2 aliphatic rings. The summed E-state index contributed by atoms with van der Waals surface area (Å²) in [6.07, 6.45) is 2.34. The number of ketones is 1. The average Bonchev–Trinajstić information content (AvgIpc) is 3.23. The predicted octanol–water partition coefficient (Wildman–Crippen LogP) is 2.01. The molecule has 11 heteroatoms. The average molecular weight is 393 g/mol. The molecule has 28 heavy (non-hydrogen) atoms. The first-order chi connectivity index (χ1) is 13.4. The van der Waals surface area contributed by atoms with Crippen LogP contribution in [0.3, 0.4) is 0 Å². The lowest BCUT2D eigenvalue weighted by molar-refractivity contribution is -0.114. The molecule has 146 valence electrons. The Balaban J connectivity index is 1.54. The van der Waals surface area contributed by atoms with Crippen LogP contribution in [-0.4, -0.2) is 46.1 Å². The van der Waals surface area contributed by atoms with E-state index in [1.807, 2.05) is 0 Å². The van der Waals surface area contributed by atoms with Crippen LogP contribution in [0.25, 0.3) is 0 Å². The van der Waals surface area contributed by atoms with Gasteiger partial charge in [0.1, 0.15) is 6.10 Å². The fourth-order valence-corrected chi connectivity index (χ4v) is 3.11. The minimum atomic E-state index is -1.20. The van der Waals surface area contributed by atoms with E-state index in [0.29, 0.717) is 0 Å². The van der Waals surface area contributed by atoms with Gasteiger partial charge in [0, 0.05) is 19.2 Å². The summed E-state index contributed by atoms with van der Waals surface area (Å²) in [6, 6.07) is 2.61. The van der Waals surface area contributed by atoms with Crippen LogP contribution in [0.5, 0.6) is 0 Å². The van der Waals surface area contributed by atoms with Gasteiger partial charge >= 0.3 is 6.09 Å². The summed E-state index contributed by atoms with van der Waals surface area (Å²) in [5.74, 6) is -3.21. The van der Waals surface area contributed by atoms with Gasteiger partial charge in [-0.05, 0) is 18.2 Å². The molecule has 2 aliphatic heterocycles. The summed E-state index contributed by atoms with van der Waals surface area (Å²) in [4.78, 5) is 25.7. The molecule has 1 aromatic carbocycles. The Labute approximate surface area is 156 Å². The number of carbonyl (C=O) groups excluding carboxylic acids is 2. The van der Waals surface area contributed by atoms with E-state index in [0.717, 1.165) is 15.8 Å². The van der Waals surface area contributed by atoms with Gasteiger partial charge in [0.05, 0.1) is 30.7 Å². The topological polar surface area (TPSA) is 80.6 Å². The van der Waals surface area contributed by atoms with E-state index in [2.05, 4.69) is 10.3 Å². The lowest BCUT2D eigenvalue weighted by Gasteiger charge is -2.24. The number of nitrogens with zero attached hydrogens (tertiary/aromatic N) is 5. The number of hydrogen-bond donors (Lipinski definition) is 0. The van der Waals surface area contributed by atoms with Crippen molar-refractivity contribution in [3.63, 3.8) is 0 Å². The first-order valence-corrected chi connectivity index (χ1v) is 8.42. The fourth-order valence-electron chi connectivity index (χ4n) is 3.11. The zero-order chi connectivity index (χ0) is 19.8. The maximum absolute atomic E-state index is 14.7. The number of amides is 1. The Morgan fingerprint density at radius 3 is 2.57 bits per heavy atom. The summed E-state index contributed by atoms with van der Waals surface area (Å²) in [5, 5.41) is 6.71. The van der Waals surface area contributed by atoms with E-state index in [1.54, 1.807) is 0 Å². The Kier molecular flexibility index (Phi) is 4.49. The van der Waals surface area contributed by atoms with Crippen molar-refractivity contribution in [2.75, 3.05) is 22.9 Å². The third kappa shape index (κ3) is 3.30. The van der Waals surface area contributed by atoms with Gasteiger partial charge in [-0.3, -0.25) is 9.69 Å². The summed E-state index contributed by atoms with van der Waals surface area (Å²) < 4.78 is 48.4. The van der Waals surface area contributed by atoms with Gasteiger partial charge in [-0.2, -0.15) is 4.39 Å². The minimum absolute atomic E-state index is 0.0218. The van der Waals surface area contributed by atoms with Crippen LogP contribution < -0.4 is 9.80 Å². The maximum atomic E-state index is 14.7. The van der Waals surface area contributed by atoms with Crippen LogP contribution >= 0.6 is 0 Å². The molecule has 0 unspecified atom stereocenters. The zero-order valence-corrected chi connectivity index (χ0v) is 14.4. The van der Waals surface area contributed by atoms with E-state index in [-0.39, 0.29) is 43.2 Å². The highest BCUT2D eigenvalue weighted by Gasteiger charge is 2.35. The Morgan fingerprint density at radius 2 is 1.89 bits per heavy atom. The number of rotatable bonds is 4. The van der Waals surface area contributed by atoms with Gasteiger partial charge in [-0.1, -0.05) is 10.3 Å². The van der Waals surface area contributed by atoms with E-state index in [4.69, 9.17) is 4.74 Å². The van der Waals surface area contributed by atoms with Crippen molar-refractivity contribution in [3.8, 4) is 0 Å². The third-order valence-electron chi connectivity index (χ3n) is 4.46. The van der Waals surface area contributed by atoms with Crippen molar-refractivity contribution in [1.29, 1.82) is 0 Å². The molecule has 1 amide bonds. The number of aromatic nitrogens is 3. The molecule has 0 aliphatic carbocycles. The first-order valence-electron chi connectivity index (χ1n) is 8.42. The van der Waals surface area contributed by atoms with Gasteiger partial charge in [0.25, 0.3) is 5.95 Å². The molecule has 0 bridgehead atoms. The molecule has 3 heterocycles. The lowest BCUT2D eigenvalue weighted by Crippen LogP contribution is -2.28. The van der Waals surface area contributed by atoms with Crippen LogP contribution in [0.1, 0.15) is 6.42 Å². The van der Waals surface area contributed by atoms with Crippen LogP contribution in [-0.2, 0) is 16.1 Å². The molecule has 1 saturated heterocycles. The Bertz CT molecular complexity index is 977. The molecule has 0 N–H and O–H groups in total. The number of cyclic esters (lactones) is 1. The van der Waals surface area contributed by atoms with E-state index < -0.39 is 29.8 Å². The van der Waals surface area contributed by atoms with Crippen molar-refractivity contribution >= 4 is 23.3 Å². The Hall–Kier alpha value is -3.37. The van der Waals surface area contributed by atoms with Gasteiger partial charge in [0.15, 0.2) is 17.4 Å². The van der Waals surface area contributed by atoms with Crippen molar-refractivity contribution in [1.82, 2.24) is 15.0 Å². The molecule has 1 aromatic heterocycles. The summed E-state index contributed by atoms with van der Waals surface area (Å²) in [6.45, 7) is 0.190. The molecule has 2 aromatic rings. The van der Waals surface area contributed by atoms with Crippen LogP contribution in [0.4, 0.5) is 29.3 Å². The number of anilines is 2. The largest absolute Gasteiger partial charge is 0.442 e. The highest BCUT2D eigenvalue weighted by atomic mass is 19.2. The van der Waals surface area contributed by atoms with Crippen LogP contribution in [0.15, 0.2) is 30.6 Å². The number of ether oxygens (including phenoxy) is 1. The second-order valence-corrected chi connectivity index (χ2v) is 6.34. The molecule has 0 saturated carbocycles. The zero-order valence-electron chi connectivity index (χ0n) is 14.4. The second kappa shape index (κ2) is 6.98. The van der Waals surface area contributed by atoms with E-state index in [1.165, 1.54) is 29.3 Å². The fraction of sp³-hybridized carbons (Fsp3) is 0.294. The van der Waals surface area contributed by atoms with Crippen molar-refractivity contribution in [2.45, 2.75) is 19.1 Å². The number of halogens is 3. The highest BCUT2D eigenvalue weighted by molar-refractivity contribution is 5.92. The third-order valence-corrected chi connectivity index (χ3v) is 4.46. The quantitative estimate of drug-likeness (QED) is 0.791. The van der Waals surface area contributed by atoms with Crippen molar-refractivity contribution in [3.05, 3.63) is 48.2 Å². The maximum Gasteiger partial charge on any atom is 0.414 e. The predicted molar refractivity (Wildman–Crippen MR) is 90.1 cm³/mol.